The summed E-state index contributed by atoms with van der Waals surface area (Å²) in [5.41, 5.74) is 10.4. The monoisotopic (exact) mass is 276 g/mol. The van der Waals surface area contributed by atoms with Crippen LogP contribution in [0.3, 0.4) is 0 Å². The van der Waals surface area contributed by atoms with Gasteiger partial charge in [-0.2, -0.15) is 0 Å². The number of rotatable bonds is 4. The van der Waals surface area contributed by atoms with Gasteiger partial charge in [0.2, 0.25) is 0 Å². The van der Waals surface area contributed by atoms with Crippen LogP contribution in [0.4, 0.5) is 0 Å². The van der Waals surface area contributed by atoms with E-state index in [1.807, 2.05) is 13.8 Å². The SMILES string of the molecule is CC.CCC(CC1CCNC1N)c1ccc(C)c(C)c1. The lowest BCUT2D eigenvalue weighted by Gasteiger charge is -2.23. The predicted molar refractivity (Wildman–Crippen MR) is 89.0 cm³/mol. The highest BCUT2D eigenvalue weighted by molar-refractivity contribution is 5.32. The topological polar surface area (TPSA) is 38.0 Å². The molecule has 114 valence electrons. The maximum Gasteiger partial charge on any atom is 0.0576 e. The Morgan fingerprint density at radius 3 is 2.45 bits per heavy atom. The molecule has 0 amide bonds. The highest BCUT2D eigenvalue weighted by Gasteiger charge is 2.26. The van der Waals surface area contributed by atoms with Crippen molar-refractivity contribution in [3.05, 3.63) is 34.9 Å². The molecule has 0 aromatic heterocycles. The maximum absolute atomic E-state index is 6.10. The molecule has 0 radical (unpaired) electrons. The maximum atomic E-state index is 6.10. The molecule has 0 aliphatic carbocycles. The van der Waals surface area contributed by atoms with Crippen LogP contribution in [0.5, 0.6) is 0 Å². The Labute approximate surface area is 125 Å². The van der Waals surface area contributed by atoms with Gasteiger partial charge in [-0.3, -0.25) is 0 Å². The summed E-state index contributed by atoms with van der Waals surface area (Å²) < 4.78 is 0. The van der Waals surface area contributed by atoms with E-state index in [1.54, 1.807) is 0 Å². The molecule has 1 aromatic rings. The molecule has 1 saturated heterocycles. The second kappa shape index (κ2) is 8.43. The molecule has 3 unspecified atom stereocenters. The van der Waals surface area contributed by atoms with Gasteiger partial charge in [0.15, 0.2) is 0 Å². The van der Waals surface area contributed by atoms with Gasteiger partial charge in [0, 0.05) is 0 Å². The van der Waals surface area contributed by atoms with Gasteiger partial charge in [-0.1, -0.05) is 39.0 Å². The van der Waals surface area contributed by atoms with E-state index < -0.39 is 0 Å². The van der Waals surface area contributed by atoms with Crippen molar-refractivity contribution in [3.63, 3.8) is 0 Å². The summed E-state index contributed by atoms with van der Waals surface area (Å²) in [4.78, 5) is 0. The fourth-order valence-electron chi connectivity index (χ4n) is 2.97. The van der Waals surface area contributed by atoms with E-state index in [0.29, 0.717) is 11.8 Å². The van der Waals surface area contributed by atoms with Crippen molar-refractivity contribution in [2.75, 3.05) is 6.54 Å². The van der Waals surface area contributed by atoms with Gasteiger partial charge < -0.3 is 11.1 Å². The molecule has 1 aliphatic rings. The third-order valence-corrected chi connectivity index (χ3v) is 4.49. The second-order valence-corrected chi connectivity index (χ2v) is 5.71. The summed E-state index contributed by atoms with van der Waals surface area (Å²) >= 11 is 0. The Hall–Kier alpha value is -0.860. The molecule has 1 aliphatic heterocycles. The number of nitrogens with one attached hydrogen (secondary N) is 1. The summed E-state index contributed by atoms with van der Waals surface area (Å²) in [6, 6.07) is 6.90. The second-order valence-electron chi connectivity index (χ2n) is 5.71. The average molecular weight is 276 g/mol. The molecule has 3 N–H and O–H groups in total. The van der Waals surface area contributed by atoms with E-state index in [2.05, 4.69) is 44.3 Å². The highest BCUT2D eigenvalue weighted by atomic mass is 15.1. The Morgan fingerprint density at radius 2 is 1.95 bits per heavy atom. The first-order chi connectivity index (χ1) is 9.61. The van der Waals surface area contributed by atoms with E-state index in [1.165, 1.54) is 36.0 Å². The van der Waals surface area contributed by atoms with Gasteiger partial charge in [0.05, 0.1) is 6.17 Å². The highest BCUT2D eigenvalue weighted by Crippen LogP contribution is 2.31. The third kappa shape index (κ3) is 4.32. The van der Waals surface area contributed by atoms with Crippen molar-refractivity contribution in [1.82, 2.24) is 5.32 Å². The first-order valence-electron chi connectivity index (χ1n) is 8.18. The minimum absolute atomic E-state index is 0.200. The lowest BCUT2D eigenvalue weighted by atomic mass is 9.84. The van der Waals surface area contributed by atoms with Crippen molar-refractivity contribution < 1.29 is 0 Å². The number of benzene rings is 1. The van der Waals surface area contributed by atoms with Crippen LogP contribution >= 0.6 is 0 Å². The fraction of sp³-hybridized carbons (Fsp3) is 0.667. The van der Waals surface area contributed by atoms with Crippen molar-refractivity contribution in [3.8, 4) is 0 Å². The number of hydrogen-bond acceptors (Lipinski definition) is 2. The zero-order chi connectivity index (χ0) is 15.1. The Balaban J connectivity index is 0.000000956. The van der Waals surface area contributed by atoms with Crippen LogP contribution in [0.25, 0.3) is 0 Å². The van der Waals surface area contributed by atoms with E-state index in [9.17, 15) is 0 Å². The standard InChI is InChI=1S/C16H26N2.C2H6/c1-4-13(10-15-7-8-18-16(15)17)14-6-5-11(2)12(3)9-14;1-2/h5-6,9,13,15-16,18H,4,7-8,10,17H2,1-3H3;1-2H3. The first-order valence-corrected chi connectivity index (χ1v) is 8.18. The van der Waals surface area contributed by atoms with Crippen LogP contribution in [0, 0.1) is 19.8 Å². The molecule has 1 fully saturated rings. The van der Waals surface area contributed by atoms with Crippen molar-refractivity contribution in [2.45, 2.75) is 66.0 Å². The molecule has 0 spiro atoms. The summed E-state index contributed by atoms with van der Waals surface area (Å²) in [7, 11) is 0. The number of aryl methyl sites for hydroxylation is 2. The van der Waals surface area contributed by atoms with Crippen LogP contribution in [0.1, 0.15) is 62.6 Å². The van der Waals surface area contributed by atoms with Gasteiger partial charge in [0.1, 0.15) is 0 Å². The van der Waals surface area contributed by atoms with Gasteiger partial charge >= 0.3 is 0 Å². The molecule has 2 rings (SSSR count). The minimum Gasteiger partial charge on any atom is -0.316 e. The lowest BCUT2D eigenvalue weighted by Crippen LogP contribution is -2.36. The fourth-order valence-corrected chi connectivity index (χ4v) is 2.97. The molecule has 3 atom stereocenters. The van der Waals surface area contributed by atoms with E-state index in [-0.39, 0.29) is 6.17 Å². The number of hydrogen-bond donors (Lipinski definition) is 2. The van der Waals surface area contributed by atoms with Crippen LogP contribution in [-0.2, 0) is 0 Å². The average Bonchev–Trinajstić information content (AvgIpc) is 2.87. The van der Waals surface area contributed by atoms with Gasteiger partial charge in [-0.05, 0) is 68.2 Å². The van der Waals surface area contributed by atoms with Crippen molar-refractivity contribution in [1.29, 1.82) is 0 Å². The van der Waals surface area contributed by atoms with Crippen molar-refractivity contribution in [2.24, 2.45) is 11.7 Å². The number of nitrogens with two attached hydrogens (primary N) is 1. The summed E-state index contributed by atoms with van der Waals surface area (Å²) in [5.74, 6) is 1.29. The molecule has 2 heteroatoms. The Kier molecular flexibility index (Phi) is 7.25. The Morgan fingerprint density at radius 1 is 1.25 bits per heavy atom. The summed E-state index contributed by atoms with van der Waals surface area (Å²) in [6.07, 6.45) is 3.84. The summed E-state index contributed by atoms with van der Waals surface area (Å²) in [5, 5.41) is 3.35. The van der Waals surface area contributed by atoms with Crippen LogP contribution in [-0.4, -0.2) is 12.7 Å². The minimum atomic E-state index is 0.200. The van der Waals surface area contributed by atoms with E-state index in [4.69, 9.17) is 5.73 Å². The molecular formula is C18H32N2. The molecular weight excluding hydrogens is 244 g/mol. The van der Waals surface area contributed by atoms with E-state index in [0.717, 1.165) is 6.54 Å². The van der Waals surface area contributed by atoms with Crippen LogP contribution < -0.4 is 11.1 Å². The van der Waals surface area contributed by atoms with Gasteiger partial charge in [-0.25, -0.2) is 0 Å². The normalized spacial score (nSPS) is 23.1. The summed E-state index contributed by atoms with van der Waals surface area (Å²) in [6.45, 7) is 11.7. The van der Waals surface area contributed by atoms with Crippen molar-refractivity contribution >= 4 is 0 Å². The van der Waals surface area contributed by atoms with Crippen LogP contribution in [0.2, 0.25) is 0 Å². The van der Waals surface area contributed by atoms with Gasteiger partial charge in [0.25, 0.3) is 0 Å². The zero-order valence-corrected chi connectivity index (χ0v) is 13.9. The zero-order valence-electron chi connectivity index (χ0n) is 13.9. The largest absolute Gasteiger partial charge is 0.316 e. The molecule has 0 saturated carbocycles. The molecule has 2 nitrogen and oxygen atoms in total. The van der Waals surface area contributed by atoms with Gasteiger partial charge in [-0.15, -0.1) is 0 Å². The third-order valence-electron chi connectivity index (χ3n) is 4.49. The molecule has 1 heterocycles. The Bertz CT molecular complexity index is 400. The first kappa shape index (κ1) is 17.2. The lowest BCUT2D eigenvalue weighted by molar-refractivity contribution is 0.387. The molecule has 0 bridgehead atoms. The molecule has 1 aromatic carbocycles. The van der Waals surface area contributed by atoms with E-state index >= 15 is 0 Å². The van der Waals surface area contributed by atoms with Crippen LogP contribution in [0.15, 0.2) is 18.2 Å². The molecule has 20 heavy (non-hydrogen) atoms. The quantitative estimate of drug-likeness (QED) is 0.868. The smallest absolute Gasteiger partial charge is 0.0576 e. The predicted octanol–water partition coefficient (Wildman–Crippen LogP) is 4.11.